The zero-order valence-corrected chi connectivity index (χ0v) is 6.81. The fourth-order valence-electron chi connectivity index (χ4n) is 0.840. The van der Waals surface area contributed by atoms with Gasteiger partial charge in [-0.25, -0.2) is 0 Å². The zero-order chi connectivity index (χ0) is 8.81. The van der Waals surface area contributed by atoms with Gasteiger partial charge in [0.15, 0.2) is 5.84 Å². The van der Waals surface area contributed by atoms with E-state index < -0.39 is 0 Å². The first kappa shape index (κ1) is 8.39. The maximum Gasteiger partial charge on any atom is 0.200 e. The molecule has 0 radical (unpaired) electrons. The molecule has 0 amide bonds. The molecule has 1 aromatic carbocycles. The van der Waals surface area contributed by atoms with Crippen LogP contribution in [-0.4, -0.2) is 12.9 Å². The van der Waals surface area contributed by atoms with Crippen LogP contribution in [0.25, 0.3) is 0 Å². The van der Waals surface area contributed by atoms with Crippen LogP contribution in [0.4, 0.5) is 0 Å². The number of hydrogen-bond donors (Lipinski definition) is 1. The number of amidine groups is 1. The first-order chi connectivity index (χ1) is 5.88. The average molecular weight is 162 g/mol. The third kappa shape index (κ3) is 1.88. The number of hydrazone groups is 1. The van der Waals surface area contributed by atoms with Gasteiger partial charge in [0.25, 0.3) is 0 Å². The van der Waals surface area contributed by atoms with Crippen LogP contribution in [0.3, 0.4) is 0 Å². The summed E-state index contributed by atoms with van der Waals surface area (Å²) in [4.78, 5) is 0. The van der Waals surface area contributed by atoms with E-state index in [4.69, 9.17) is 5.84 Å². The molecule has 0 aliphatic heterocycles. The Morgan fingerprint density at radius 2 is 1.92 bits per heavy atom. The maximum atomic E-state index is 5.13. The summed E-state index contributed by atoms with van der Waals surface area (Å²) in [6.45, 7) is 0. The summed E-state index contributed by atoms with van der Waals surface area (Å²) in [7, 11) is 1.58. The Balaban J connectivity index is 2.97. The highest BCUT2D eigenvalue weighted by Gasteiger charge is 1.98. The summed E-state index contributed by atoms with van der Waals surface area (Å²) < 4.78 is 0. The summed E-state index contributed by atoms with van der Waals surface area (Å²) >= 11 is 0. The van der Waals surface area contributed by atoms with E-state index in [-0.39, 0.29) is 0 Å². The zero-order valence-electron chi connectivity index (χ0n) is 6.81. The molecular formula is C8H10N4. The van der Waals surface area contributed by atoms with E-state index >= 15 is 0 Å². The van der Waals surface area contributed by atoms with Crippen molar-refractivity contribution in [2.24, 2.45) is 21.2 Å². The summed E-state index contributed by atoms with van der Waals surface area (Å²) in [6.07, 6.45) is 0. The van der Waals surface area contributed by atoms with Crippen LogP contribution in [0, 0.1) is 0 Å². The molecular weight excluding hydrogens is 152 g/mol. The molecule has 0 heterocycles. The van der Waals surface area contributed by atoms with E-state index in [2.05, 4.69) is 15.3 Å². The minimum Gasteiger partial charge on any atom is -0.321 e. The Kier molecular flexibility index (Phi) is 2.95. The lowest BCUT2D eigenvalue weighted by Gasteiger charge is -1.95. The van der Waals surface area contributed by atoms with Gasteiger partial charge in [0, 0.05) is 12.6 Å². The Labute approximate surface area is 70.8 Å². The molecule has 0 aromatic heterocycles. The van der Waals surface area contributed by atoms with Gasteiger partial charge >= 0.3 is 0 Å². The molecule has 0 atom stereocenters. The molecule has 0 saturated carbocycles. The van der Waals surface area contributed by atoms with Gasteiger partial charge < -0.3 is 5.84 Å². The third-order valence-electron chi connectivity index (χ3n) is 1.35. The van der Waals surface area contributed by atoms with Gasteiger partial charge in [-0.3, -0.25) is 0 Å². The predicted molar refractivity (Wildman–Crippen MR) is 47.9 cm³/mol. The minimum absolute atomic E-state index is 0.443. The molecule has 0 saturated heterocycles. The molecule has 0 unspecified atom stereocenters. The average Bonchev–Trinajstić information content (AvgIpc) is 2.15. The van der Waals surface area contributed by atoms with E-state index in [1.54, 1.807) is 7.05 Å². The van der Waals surface area contributed by atoms with Crippen LogP contribution in [0.5, 0.6) is 0 Å². The van der Waals surface area contributed by atoms with E-state index in [1.165, 1.54) is 0 Å². The Hall–Kier alpha value is -1.71. The molecule has 0 bridgehead atoms. The molecule has 62 valence electrons. The fourth-order valence-corrected chi connectivity index (χ4v) is 0.840. The molecule has 1 aromatic rings. The normalized spacial score (nSPS) is 12.2. The highest BCUT2D eigenvalue weighted by atomic mass is 15.2. The fraction of sp³-hybridized carbons (Fsp3) is 0.125. The predicted octanol–water partition coefficient (Wildman–Crippen LogP) is 1.39. The maximum absolute atomic E-state index is 5.13. The van der Waals surface area contributed by atoms with Crippen LogP contribution in [0.2, 0.25) is 0 Å². The van der Waals surface area contributed by atoms with Crippen LogP contribution in [0.1, 0.15) is 5.56 Å². The SMILES string of the molecule is CN=NC(=NN)c1ccccc1. The van der Waals surface area contributed by atoms with E-state index in [1.807, 2.05) is 30.3 Å². The van der Waals surface area contributed by atoms with E-state index in [0.29, 0.717) is 5.84 Å². The lowest BCUT2D eigenvalue weighted by Crippen LogP contribution is -1.99. The van der Waals surface area contributed by atoms with Gasteiger partial charge in [-0.1, -0.05) is 30.3 Å². The number of benzene rings is 1. The molecule has 0 aliphatic rings. The standard InChI is InChI=1S/C8H10N4/c1-10-12-8(11-9)7-5-3-2-4-6-7/h2-6H,9H2,1H3. The second-order valence-corrected chi connectivity index (χ2v) is 2.12. The number of hydrogen-bond acceptors (Lipinski definition) is 3. The van der Waals surface area contributed by atoms with Crippen molar-refractivity contribution in [1.29, 1.82) is 0 Å². The van der Waals surface area contributed by atoms with Gasteiger partial charge in [-0.15, -0.1) is 5.11 Å². The first-order valence-electron chi connectivity index (χ1n) is 3.51. The van der Waals surface area contributed by atoms with Crippen molar-refractivity contribution in [2.75, 3.05) is 7.05 Å². The molecule has 12 heavy (non-hydrogen) atoms. The second kappa shape index (κ2) is 4.23. The van der Waals surface area contributed by atoms with Crippen molar-refractivity contribution in [2.45, 2.75) is 0 Å². The second-order valence-electron chi connectivity index (χ2n) is 2.12. The number of rotatable bonds is 1. The van der Waals surface area contributed by atoms with Crippen molar-refractivity contribution in [3.63, 3.8) is 0 Å². The van der Waals surface area contributed by atoms with Crippen molar-refractivity contribution in [3.8, 4) is 0 Å². The monoisotopic (exact) mass is 162 g/mol. The molecule has 2 N–H and O–H groups in total. The minimum atomic E-state index is 0.443. The highest BCUT2D eigenvalue weighted by molar-refractivity contribution is 5.98. The van der Waals surface area contributed by atoms with Gasteiger partial charge in [0.1, 0.15) is 0 Å². The highest BCUT2D eigenvalue weighted by Crippen LogP contribution is 2.01. The van der Waals surface area contributed by atoms with Gasteiger partial charge in [0.05, 0.1) is 0 Å². The van der Waals surface area contributed by atoms with Crippen molar-refractivity contribution < 1.29 is 0 Å². The first-order valence-corrected chi connectivity index (χ1v) is 3.51. The van der Waals surface area contributed by atoms with Gasteiger partial charge in [-0.2, -0.15) is 10.2 Å². The number of nitrogens with zero attached hydrogens (tertiary/aromatic N) is 3. The lowest BCUT2D eigenvalue weighted by molar-refractivity contribution is 1.15. The van der Waals surface area contributed by atoms with E-state index in [0.717, 1.165) is 5.56 Å². The molecule has 4 nitrogen and oxygen atoms in total. The summed E-state index contributed by atoms with van der Waals surface area (Å²) in [6, 6.07) is 9.46. The Morgan fingerprint density at radius 1 is 1.25 bits per heavy atom. The van der Waals surface area contributed by atoms with Crippen LogP contribution < -0.4 is 5.84 Å². The lowest BCUT2D eigenvalue weighted by atomic mass is 10.2. The molecule has 0 spiro atoms. The van der Waals surface area contributed by atoms with Crippen molar-refractivity contribution in [3.05, 3.63) is 35.9 Å². The number of nitrogens with two attached hydrogens (primary N) is 1. The molecule has 0 aliphatic carbocycles. The van der Waals surface area contributed by atoms with Crippen molar-refractivity contribution in [1.82, 2.24) is 0 Å². The van der Waals surface area contributed by atoms with Crippen LogP contribution in [-0.2, 0) is 0 Å². The Morgan fingerprint density at radius 3 is 2.42 bits per heavy atom. The number of azo groups is 1. The summed E-state index contributed by atoms with van der Waals surface area (Å²) in [5.41, 5.74) is 0.866. The molecule has 4 heteroatoms. The van der Waals surface area contributed by atoms with Gasteiger partial charge in [-0.05, 0) is 0 Å². The quantitative estimate of drug-likeness (QED) is 0.219. The van der Waals surface area contributed by atoms with Crippen LogP contribution >= 0.6 is 0 Å². The molecule has 0 fully saturated rings. The van der Waals surface area contributed by atoms with E-state index in [9.17, 15) is 0 Å². The van der Waals surface area contributed by atoms with Crippen molar-refractivity contribution >= 4 is 5.84 Å². The summed E-state index contributed by atoms with van der Waals surface area (Å²) in [5, 5.41) is 10.9. The summed E-state index contributed by atoms with van der Waals surface area (Å²) in [5.74, 6) is 5.57. The van der Waals surface area contributed by atoms with Crippen LogP contribution in [0.15, 0.2) is 45.7 Å². The smallest absolute Gasteiger partial charge is 0.200 e. The topological polar surface area (TPSA) is 63.1 Å². The Bertz CT molecular complexity index is 289. The third-order valence-corrected chi connectivity index (χ3v) is 1.35. The molecule has 1 rings (SSSR count). The largest absolute Gasteiger partial charge is 0.321 e. The van der Waals surface area contributed by atoms with Gasteiger partial charge in [0.2, 0.25) is 0 Å².